The summed E-state index contributed by atoms with van der Waals surface area (Å²) in [5.41, 5.74) is 0.424. The summed E-state index contributed by atoms with van der Waals surface area (Å²) in [6, 6.07) is 4.76. The second-order valence-corrected chi connectivity index (χ2v) is 5.92. The van der Waals surface area contributed by atoms with E-state index in [9.17, 15) is 18.0 Å². The molecule has 2 aromatic rings. The first-order valence-electron chi connectivity index (χ1n) is 6.26. The molecular formula is C14H10F3NO2S. The first-order chi connectivity index (χ1) is 9.86. The maximum atomic E-state index is 12.5. The van der Waals surface area contributed by atoms with Crippen LogP contribution in [0.1, 0.15) is 28.5 Å². The molecule has 3 rings (SSSR count). The normalized spacial score (nSPS) is 17.8. The number of carboxylic acids is 1. The molecule has 0 fully saturated rings. The van der Waals surface area contributed by atoms with Crippen molar-refractivity contribution in [1.29, 1.82) is 0 Å². The van der Waals surface area contributed by atoms with Crippen molar-refractivity contribution < 1.29 is 23.1 Å². The summed E-state index contributed by atoms with van der Waals surface area (Å²) < 4.78 is 37.5. The number of carboxylic acid groups (broad SMARTS) is 1. The minimum atomic E-state index is -4.36. The average Bonchev–Trinajstić information content (AvgIpc) is 2.96. The molecule has 1 aliphatic carbocycles. The number of hydrogen-bond donors (Lipinski definition) is 1. The molecule has 3 nitrogen and oxygen atoms in total. The van der Waals surface area contributed by atoms with Crippen LogP contribution in [0, 0.1) is 0 Å². The number of aryl methyl sites for hydroxylation is 1. The number of benzene rings is 1. The molecule has 7 heteroatoms. The van der Waals surface area contributed by atoms with Crippen molar-refractivity contribution in [2.75, 3.05) is 0 Å². The van der Waals surface area contributed by atoms with E-state index in [0.717, 1.165) is 17.0 Å². The van der Waals surface area contributed by atoms with Crippen molar-refractivity contribution in [2.45, 2.75) is 24.9 Å². The summed E-state index contributed by atoms with van der Waals surface area (Å²) in [6.45, 7) is 0. The van der Waals surface area contributed by atoms with Gasteiger partial charge in [0.05, 0.1) is 11.3 Å². The summed E-state index contributed by atoms with van der Waals surface area (Å²) in [5, 5.41) is 9.67. The van der Waals surface area contributed by atoms with Gasteiger partial charge in [0.1, 0.15) is 10.9 Å². The van der Waals surface area contributed by atoms with Crippen molar-refractivity contribution in [2.24, 2.45) is 0 Å². The van der Waals surface area contributed by atoms with E-state index in [-0.39, 0.29) is 0 Å². The molecule has 21 heavy (non-hydrogen) atoms. The number of nitrogens with zero attached hydrogens (tertiary/aromatic N) is 1. The van der Waals surface area contributed by atoms with E-state index < -0.39 is 23.6 Å². The summed E-state index contributed by atoms with van der Waals surface area (Å²) in [4.78, 5) is 16.3. The van der Waals surface area contributed by atoms with Crippen LogP contribution in [0.3, 0.4) is 0 Å². The van der Waals surface area contributed by atoms with Gasteiger partial charge in [0.15, 0.2) is 0 Å². The van der Waals surface area contributed by atoms with E-state index in [1.165, 1.54) is 23.5 Å². The number of rotatable bonds is 2. The lowest BCUT2D eigenvalue weighted by Crippen LogP contribution is -2.08. The van der Waals surface area contributed by atoms with Gasteiger partial charge in [0.2, 0.25) is 0 Å². The van der Waals surface area contributed by atoms with Crippen LogP contribution in [0.5, 0.6) is 0 Å². The molecule has 0 bridgehead atoms. The highest BCUT2D eigenvalue weighted by molar-refractivity contribution is 7.15. The van der Waals surface area contributed by atoms with Crippen LogP contribution in [-0.4, -0.2) is 16.1 Å². The van der Waals surface area contributed by atoms with Crippen LogP contribution in [-0.2, 0) is 17.4 Å². The Morgan fingerprint density at radius 1 is 1.29 bits per heavy atom. The molecule has 1 aromatic heterocycles. The third-order valence-corrected chi connectivity index (χ3v) is 4.65. The van der Waals surface area contributed by atoms with Gasteiger partial charge < -0.3 is 5.11 Å². The van der Waals surface area contributed by atoms with Gasteiger partial charge in [-0.25, -0.2) is 4.98 Å². The van der Waals surface area contributed by atoms with Crippen molar-refractivity contribution in [3.63, 3.8) is 0 Å². The average molecular weight is 313 g/mol. The van der Waals surface area contributed by atoms with Crippen LogP contribution < -0.4 is 0 Å². The Hall–Kier alpha value is -1.89. The number of fused-ring (bicyclic) bond motifs is 1. The largest absolute Gasteiger partial charge is 0.481 e. The van der Waals surface area contributed by atoms with E-state index in [1.807, 2.05) is 0 Å². The second kappa shape index (κ2) is 4.84. The fourth-order valence-corrected chi connectivity index (χ4v) is 3.54. The number of halogens is 3. The number of aliphatic carboxylic acids is 1. The second-order valence-electron chi connectivity index (χ2n) is 4.83. The number of aromatic nitrogens is 1. The Morgan fingerprint density at radius 2 is 1.95 bits per heavy atom. The Labute approximate surface area is 122 Å². The monoisotopic (exact) mass is 313 g/mol. The molecule has 0 radical (unpaired) electrons. The lowest BCUT2D eigenvalue weighted by molar-refractivity contribution is -0.139. The zero-order chi connectivity index (χ0) is 15.2. The topological polar surface area (TPSA) is 50.2 Å². The molecule has 1 aliphatic rings. The van der Waals surface area contributed by atoms with Crippen LogP contribution >= 0.6 is 11.3 Å². The van der Waals surface area contributed by atoms with Crippen LogP contribution in [0.25, 0.3) is 10.6 Å². The zero-order valence-corrected chi connectivity index (χ0v) is 11.5. The minimum Gasteiger partial charge on any atom is -0.481 e. The zero-order valence-electron chi connectivity index (χ0n) is 10.6. The minimum absolute atomic E-state index is 0.538. The molecule has 1 heterocycles. The standard InChI is InChI=1S/C14H10F3NO2S/c15-14(16,17)8-3-1-7(2-4-8)12-18-11-9(13(19)20)5-6-10(11)21-12/h1-4,9H,5-6H2,(H,19,20). The van der Waals surface area contributed by atoms with Crippen LogP contribution in [0.15, 0.2) is 24.3 Å². The molecule has 110 valence electrons. The SMILES string of the molecule is O=C(O)C1CCc2sc(-c3ccc(C(F)(F)F)cc3)nc21. The predicted octanol–water partition coefficient (Wildman–Crippen LogP) is 3.94. The van der Waals surface area contributed by atoms with Gasteiger partial charge in [-0.1, -0.05) is 12.1 Å². The Kier molecular flexibility index (Phi) is 3.24. The van der Waals surface area contributed by atoms with E-state index in [2.05, 4.69) is 4.98 Å². The highest BCUT2D eigenvalue weighted by Crippen LogP contribution is 2.40. The van der Waals surface area contributed by atoms with E-state index in [4.69, 9.17) is 5.11 Å². The summed E-state index contributed by atoms with van der Waals surface area (Å²) in [6.07, 6.45) is -3.17. The van der Waals surface area contributed by atoms with E-state index in [1.54, 1.807) is 0 Å². The van der Waals surface area contributed by atoms with Crippen LogP contribution in [0.4, 0.5) is 13.2 Å². The first kappa shape index (κ1) is 14.1. The van der Waals surface area contributed by atoms with Gasteiger partial charge >= 0.3 is 12.1 Å². The fraction of sp³-hybridized carbons (Fsp3) is 0.286. The number of carbonyl (C=O) groups is 1. The molecule has 0 amide bonds. The third-order valence-electron chi connectivity index (χ3n) is 3.47. The van der Waals surface area contributed by atoms with Crippen LogP contribution in [0.2, 0.25) is 0 Å². The fourth-order valence-electron chi connectivity index (χ4n) is 2.39. The summed E-state index contributed by atoms with van der Waals surface area (Å²) >= 11 is 1.35. The van der Waals surface area contributed by atoms with Gasteiger partial charge in [0, 0.05) is 10.4 Å². The van der Waals surface area contributed by atoms with E-state index in [0.29, 0.717) is 29.1 Å². The number of thiazole rings is 1. The predicted molar refractivity (Wildman–Crippen MR) is 71.2 cm³/mol. The molecule has 1 unspecified atom stereocenters. The molecule has 0 aliphatic heterocycles. The highest BCUT2D eigenvalue weighted by Gasteiger charge is 2.33. The summed E-state index contributed by atoms with van der Waals surface area (Å²) in [5.74, 6) is -1.50. The molecule has 1 atom stereocenters. The number of alkyl halides is 3. The van der Waals surface area contributed by atoms with Gasteiger partial charge in [0.25, 0.3) is 0 Å². The Bertz CT molecular complexity index is 691. The quantitative estimate of drug-likeness (QED) is 0.913. The molecule has 0 saturated carbocycles. The molecule has 0 spiro atoms. The maximum Gasteiger partial charge on any atom is 0.416 e. The van der Waals surface area contributed by atoms with Gasteiger partial charge in [-0.15, -0.1) is 11.3 Å². The molecular weight excluding hydrogens is 303 g/mol. The molecule has 0 saturated heterocycles. The molecule has 1 N–H and O–H groups in total. The van der Waals surface area contributed by atoms with Gasteiger partial charge in [-0.3, -0.25) is 4.79 Å². The molecule has 1 aromatic carbocycles. The number of hydrogen-bond acceptors (Lipinski definition) is 3. The van der Waals surface area contributed by atoms with Gasteiger partial charge in [-0.2, -0.15) is 13.2 Å². The Morgan fingerprint density at radius 3 is 2.52 bits per heavy atom. The van der Waals surface area contributed by atoms with Gasteiger partial charge in [-0.05, 0) is 25.0 Å². The van der Waals surface area contributed by atoms with E-state index >= 15 is 0 Å². The smallest absolute Gasteiger partial charge is 0.416 e. The third kappa shape index (κ3) is 2.53. The lowest BCUT2D eigenvalue weighted by Gasteiger charge is -2.06. The Balaban J connectivity index is 1.92. The first-order valence-corrected chi connectivity index (χ1v) is 7.08. The lowest BCUT2D eigenvalue weighted by atomic mass is 10.1. The van der Waals surface area contributed by atoms with Crippen molar-refractivity contribution in [1.82, 2.24) is 4.98 Å². The van der Waals surface area contributed by atoms with Crippen molar-refractivity contribution in [3.05, 3.63) is 40.4 Å². The van der Waals surface area contributed by atoms with Crippen molar-refractivity contribution >= 4 is 17.3 Å². The van der Waals surface area contributed by atoms with Crippen molar-refractivity contribution in [3.8, 4) is 10.6 Å². The maximum absolute atomic E-state index is 12.5. The highest BCUT2D eigenvalue weighted by atomic mass is 32.1. The summed E-state index contributed by atoms with van der Waals surface area (Å²) in [7, 11) is 0.